The van der Waals surface area contributed by atoms with E-state index in [9.17, 15) is 4.79 Å². The van der Waals surface area contributed by atoms with Crippen molar-refractivity contribution in [3.63, 3.8) is 0 Å². The van der Waals surface area contributed by atoms with Gasteiger partial charge in [-0.2, -0.15) is 0 Å². The van der Waals surface area contributed by atoms with E-state index in [4.69, 9.17) is 0 Å². The average molecular weight is 315 g/mol. The minimum atomic E-state index is 0.0904. The highest BCUT2D eigenvalue weighted by molar-refractivity contribution is 5.92. The van der Waals surface area contributed by atoms with Gasteiger partial charge < -0.3 is 4.90 Å². The second-order valence-corrected chi connectivity index (χ2v) is 7.52. The van der Waals surface area contributed by atoms with Crippen molar-refractivity contribution in [3.05, 3.63) is 29.6 Å². The molecule has 23 heavy (non-hydrogen) atoms. The summed E-state index contributed by atoms with van der Waals surface area (Å²) in [5, 5.41) is 0. The van der Waals surface area contributed by atoms with Crippen molar-refractivity contribution in [3.8, 4) is 0 Å². The van der Waals surface area contributed by atoms with Crippen LogP contribution in [0.4, 0.5) is 0 Å². The molecular formula is C19H29N3O. The minimum Gasteiger partial charge on any atom is -0.336 e. The van der Waals surface area contributed by atoms with Crippen molar-refractivity contribution in [2.75, 3.05) is 26.2 Å². The van der Waals surface area contributed by atoms with Crippen molar-refractivity contribution in [1.29, 1.82) is 0 Å². The third-order valence-electron chi connectivity index (χ3n) is 5.10. The van der Waals surface area contributed by atoms with Gasteiger partial charge in [0.05, 0.1) is 0 Å². The SMILES string of the molecule is Cc1cccc(C(=O)N2CCCN(CC3CC3)[C@@H](C(C)C)C2)n1. The summed E-state index contributed by atoms with van der Waals surface area (Å²) >= 11 is 0. The highest BCUT2D eigenvalue weighted by Gasteiger charge is 2.33. The Kier molecular flexibility index (Phi) is 5.00. The molecule has 2 fully saturated rings. The summed E-state index contributed by atoms with van der Waals surface area (Å²) < 4.78 is 0. The summed E-state index contributed by atoms with van der Waals surface area (Å²) in [6.07, 6.45) is 3.84. The van der Waals surface area contributed by atoms with Gasteiger partial charge in [-0.1, -0.05) is 19.9 Å². The van der Waals surface area contributed by atoms with Gasteiger partial charge in [-0.05, 0) is 50.2 Å². The fraction of sp³-hybridized carbons (Fsp3) is 0.684. The van der Waals surface area contributed by atoms with Gasteiger partial charge in [-0.15, -0.1) is 0 Å². The zero-order valence-corrected chi connectivity index (χ0v) is 14.7. The zero-order valence-electron chi connectivity index (χ0n) is 14.7. The maximum Gasteiger partial charge on any atom is 0.272 e. The Morgan fingerprint density at radius 2 is 2.09 bits per heavy atom. The molecule has 4 nitrogen and oxygen atoms in total. The lowest BCUT2D eigenvalue weighted by molar-refractivity contribution is 0.0698. The molecule has 0 bridgehead atoms. The van der Waals surface area contributed by atoms with Gasteiger partial charge in [0.15, 0.2) is 0 Å². The standard InChI is InChI=1S/C19H29N3O/c1-14(2)18-13-22(11-5-10-21(18)12-16-8-9-16)19(23)17-7-4-6-15(3)20-17/h4,6-7,14,16,18H,5,8-13H2,1-3H3/t18-/m1/s1. The number of rotatable bonds is 4. The van der Waals surface area contributed by atoms with E-state index in [0.717, 1.165) is 37.7 Å². The van der Waals surface area contributed by atoms with Gasteiger partial charge in [0, 0.05) is 37.9 Å². The van der Waals surface area contributed by atoms with E-state index < -0.39 is 0 Å². The van der Waals surface area contributed by atoms with Crippen LogP contribution in [0.3, 0.4) is 0 Å². The van der Waals surface area contributed by atoms with Crippen molar-refractivity contribution in [2.45, 2.75) is 46.1 Å². The number of pyridine rings is 1. The van der Waals surface area contributed by atoms with E-state index in [1.807, 2.05) is 30.0 Å². The quantitative estimate of drug-likeness (QED) is 0.857. The predicted molar refractivity (Wildman–Crippen MR) is 92.4 cm³/mol. The number of hydrogen-bond donors (Lipinski definition) is 0. The lowest BCUT2D eigenvalue weighted by Gasteiger charge is -2.34. The topological polar surface area (TPSA) is 36.4 Å². The van der Waals surface area contributed by atoms with Crippen LogP contribution in [0.15, 0.2) is 18.2 Å². The molecule has 1 amide bonds. The maximum absolute atomic E-state index is 12.9. The largest absolute Gasteiger partial charge is 0.336 e. The second kappa shape index (κ2) is 7.00. The number of nitrogens with zero attached hydrogens (tertiary/aromatic N) is 3. The van der Waals surface area contributed by atoms with Gasteiger partial charge in [-0.25, -0.2) is 4.98 Å². The first-order valence-electron chi connectivity index (χ1n) is 9.01. The number of carbonyl (C=O) groups excluding carboxylic acids is 1. The molecule has 3 rings (SSSR count). The molecule has 0 radical (unpaired) electrons. The van der Waals surface area contributed by atoms with Gasteiger partial charge in [0.1, 0.15) is 5.69 Å². The lowest BCUT2D eigenvalue weighted by Crippen LogP contribution is -2.46. The van der Waals surface area contributed by atoms with Crippen LogP contribution in [-0.2, 0) is 0 Å². The molecule has 0 unspecified atom stereocenters. The van der Waals surface area contributed by atoms with Gasteiger partial charge in [-0.3, -0.25) is 9.69 Å². The van der Waals surface area contributed by atoms with Gasteiger partial charge in [0.2, 0.25) is 0 Å². The molecule has 0 N–H and O–H groups in total. The predicted octanol–water partition coefficient (Wildman–Crippen LogP) is 2.97. The van der Waals surface area contributed by atoms with Crippen LogP contribution in [0.25, 0.3) is 0 Å². The maximum atomic E-state index is 12.9. The number of aryl methyl sites for hydroxylation is 1. The molecule has 2 heterocycles. The van der Waals surface area contributed by atoms with Crippen LogP contribution in [0.5, 0.6) is 0 Å². The van der Waals surface area contributed by atoms with Crippen molar-refractivity contribution < 1.29 is 4.79 Å². The van der Waals surface area contributed by atoms with E-state index in [1.54, 1.807) is 0 Å². The molecule has 1 aliphatic carbocycles. The van der Waals surface area contributed by atoms with Crippen molar-refractivity contribution >= 4 is 5.91 Å². The van der Waals surface area contributed by atoms with Crippen LogP contribution in [0.2, 0.25) is 0 Å². The highest BCUT2D eigenvalue weighted by atomic mass is 16.2. The fourth-order valence-corrected chi connectivity index (χ4v) is 3.56. The molecule has 1 atom stereocenters. The summed E-state index contributed by atoms with van der Waals surface area (Å²) in [7, 11) is 0. The Bertz CT molecular complexity index is 553. The second-order valence-electron chi connectivity index (χ2n) is 7.52. The van der Waals surface area contributed by atoms with E-state index >= 15 is 0 Å². The van der Waals surface area contributed by atoms with E-state index in [1.165, 1.54) is 19.4 Å². The molecule has 1 aromatic rings. The summed E-state index contributed by atoms with van der Waals surface area (Å²) in [4.78, 5) is 21.9. The van der Waals surface area contributed by atoms with Crippen LogP contribution in [0, 0.1) is 18.8 Å². The smallest absolute Gasteiger partial charge is 0.272 e. The molecule has 1 aromatic heterocycles. The van der Waals surface area contributed by atoms with Crippen LogP contribution in [-0.4, -0.2) is 52.9 Å². The number of carbonyl (C=O) groups is 1. The Morgan fingerprint density at radius 3 is 2.74 bits per heavy atom. The van der Waals surface area contributed by atoms with Crippen LogP contribution in [0.1, 0.15) is 49.3 Å². The summed E-state index contributed by atoms with van der Waals surface area (Å²) in [5.74, 6) is 1.55. The normalized spacial score (nSPS) is 23.1. The summed E-state index contributed by atoms with van der Waals surface area (Å²) in [5.41, 5.74) is 1.49. The molecular weight excluding hydrogens is 286 g/mol. The number of aromatic nitrogens is 1. The third kappa shape index (κ3) is 4.11. The monoisotopic (exact) mass is 315 g/mol. The van der Waals surface area contributed by atoms with Crippen molar-refractivity contribution in [1.82, 2.24) is 14.8 Å². The Morgan fingerprint density at radius 1 is 1.30 bits per heavy atom. The fourth-order valence-electron chi connectivity index (χ4n) is 3.56. The first-order valence-corrected chi connectivity index (χ1v) is 9.01. The summed E-state index contributed by atoms with van der Waals surface area (Å²) in [6.45, 7) is 10.5. The first kappa shape index (κ1) is 16.4. The average Bonchev–Trinajstić information content (AvgIpc) is 3.34. The van der Waals surface area contributed by atoms with E-state index in [0.29, 0.717) is 17.7 Å². The molecule has 1 saturated heterocycles. The number of hydrogen-bond acceptors (Lipinski definition) is 3. The molecule has 126 valence electrons. The third-order valence-corrected chi connectivity index (χ3v) is 5.10. The molecule has 1 aliphatic heterocycles. The Labute approximate surface area is 139 Å². The van der Waals surface area contributed by atoms with Crippen LogP contribution >= 0.6 is 0 Å². The zero-order chi connectivity index (χ0) is 16.4. The van der Waals surface area contributed by atoms with E-state index in [2.05, 4.69) is 23.7 Å². The van der Waals surface area contributed by atoms with E-state index in [-0.39, 0.29) is 5.91 Å². The first-order chi connectivity index (χ1) is 11.0. The van der Waals surface area contributed by atoms with Crippen molar-refractivity contribution in [2.24, 2.45) is 11.8 Å². The lowest BCUT2D eigenvalue weighted by atomic mass is 10.0. The minimum absolute atomic E-state index is 0.0904. The van der Waals surface area contributed by atoms with Crippen LogP contribution < -0.4 is 0 Å². The van der Waals surface area contributed by atoms with Gasteiger partial charge in [0.25, 0.3) is 5.91 Å². The molecule has 4 heteroatoms. The molecule has 0 spiro atoms. The molecule has 2 aliphatic rings. The Balaban J connectivity index is 1.73. The number of amides is 1. The molecule has 1 saturated carbocycles. The van der Waals surface area contributed by atoms with Gasteiger partial charge >= 0.3 is 0 Å². The summed E-state index contributed by atoms with van der Waals surface area (Å²) in [6, 6.07) is 6.17. The highest BCUT2D eigenvalue weighted by Crippen LogP contribution is 2.32. The molecule has 0 aromatic carbocycles. The Hall–Kier alpha value is -1.42.